The van der Waals surface area contributed by atoms with Gasteiger partial charge in [0.1, 0.15) is 17.5 Å². The van der Waals surface area contributed by atoms with Crippen LogP contribution in [0, 0.1) is 0 Å². The maximum atomic E-state index is 11.3. The fourth-order valence-corrected chi connectivity index (χ4v) is 3.61. The highest BCUT2D eigenvalue weighted by Crippen LogP contribution is 2.41. The highest BCUT2D eigenvalue weighted by Gasteiger charge is 2.54. The third-order valence-electron chi connectivity index (χ3n) is 3.99. The molecule has 0 aromatic carbocycles. The third-order valence-corrected chi connectivity index (χ3v) is 5.46. The van der Waals surface area contributed by atoms with Crippen LogP contribution in [0.1, 0.15) is 13.3 Å². The van der Waals surface area contributed by atoms with E-state index in [9.17, 15) is 15.0 Å². The lowest BCUT2D eigenvalue weighted by Crippen LogP contribution is -2.53. The number of aliphatic hydroxyl groups excluding tert-OH is 1. The molecule has 3 N–H and O–H groups in total. The van der Waals surface area contributed by atoms with E-state index in [1.54, 1.807) is 0 Å². The Morgan fingerprint density at radius 1 is 1.55 bits per heavy atom. The summed E-state index contributed by atoms with van der Waals surface area (Å²) in [5.41, 5.74) is -1.47. The molecule has 1 unspecified atom stereocenters. The van der Waals surface area contributed by atoms with E-state index in [2.05, 4.69) is 31.5 Å². The number of amides is 1. The lowest BCUT2D eigenvalue weighted by molar-refractivity contribution is -0.123. The fourth-order valence-electron chi connectivity index (χ4n) is 2.66. The molecule has 0 aromatic rings. The molecule has 2 rings (SSSR count). The van der Waals surface area contributed by atoms with Crippen LogP contribution in [-0.4, -0.2) is 70.8 Å². The monoisotopic (exact) mass is 328 g/mol. The summed E-state index contributed by atoms with van der Waals surface area (Å²) >= 11 is 0. The molecular formula is C15H25N2O4P. The lowest BCUT2D eigenvalue weighted by Gasteiger charge is -2.37. The third kappa shape index (κ3) is 3.46. The summed E-state index contributed by atoms with van der Waals surface area (Å²) in [7, 11) is 0. The zero-order chi connectivity index (χ0) is 16.7. The summed E-state index contributed by atoms with van der Waals surface area (Å²) in [6.45, 7) is 8.29. The SMILES string of the molecule is C=C1NC(=O)C=CN1C1O[C@H](CCP(=C)(C)C)[C@@H](O)[C@]1(C)O. The number of aliphatic hydroxyl groups is 2. The Hall–Kier alpha value is -1.07. The first-order valence-corrected chi connectivity index (χ1v) is 10.3. The first-order valence-electron chi connectivity index (χ1n) is 7.22. The molecule has 4 atom stereocenters. The molecule has 22 heavy (non-hydrogen) atoms. The minimum Gasteiger partial charge on any atom is -0.387 e. The number of hydrogen-bond acceptors (Lipinski definition) is 5. The summed E-state index contributed by atoms with van der Waals surface area (Å²) in [5.74, 6) is 0.0372. The van der Waals surface area contributed by atoms with Gasteiger partial charge in [-0.25, -0.2) is 0 Å². The first kappa shape index (κ1) is 17.3. The number of rotatable bonds is 4. The van der Waals surface area contributed by atoms with Gasteiger partial charge in [0.2, 0.25) is 0 Å². The normalized spacial score (nSPS) is 35.9. The predicted octanol–water partition coefficient (Wildman–Crippen LogP) is 0.339. The van der Waals surface area contributed by atoms with Crippen LogP contribution in [0.4, 0.5) is 0 Å². The summed E-state index contributed by atoms with van der Waals surface area (Å²) in [6.07, 6.45) is 6.20. The molecule has 124 valence electrons. The van der Waals surface area contributed by atoms with E-state index in [0.29, 0.717) is 12.2 Å². The van der Waals surface area contributed by atoms with Crippen molar-refractivity contribution in [2.45, 2.75) is 37.4 Å². The zero-order valence-corrected chi connectivity index (χ0v) is 14.2. The van der Waals surface area contributed by atoms with Crippen molar-refractivity contribution < 1.29 is 19.7 Å². The van der Waals surface area contributed by atoms with E-state index in [-0.39, 0.29) is 5.91 Å². The number of nitrogens with zero attached hydrogens (tertiary/aromatic N) is 1. The molecule has 6 nitrogen and oxygen atoms in total. The van der Waals surface area contributed by atoms with Crippen molar-refractivity contribution in [2.24, 2.45) is 0 Å². The summed E-state index contributed by atoms with van der Waals surface area (Å²) in [6, 6.07) is 0. The Balaban J connectivity index is 2.16. The summed E-state index contributed by atoms with van der Waals surface area (Å²) in [4.78, 5) is 12.8. The largest absolute Gasteiger partial charge is 0.387 e. The van der Waals surface area contributed by atoms with Gasteiger partial charge in [0, 0.05) is 12.3 Å². The number of nitrogens with one attached hydrogen (secondary N) is 1. The molecule has 0 spiro atoms. The molecule has 1 amide bonds. The van der Waals surface area contributed by atoms with Crippen molar-refractivity contribution in [3.8, 4) is 0 Å². The van der Waals surface area contributed by atoms with Crippen LogP contribution in [0.25, 0.3) is 0 Å². The van der Waals surface area contributed by atoms with Crippen LogP contribution in [0.3, 0.4) is 0 Å². The van der Waals surface area contributed by atoms with Crippen molar-refractivity contribution in [1.82, 2.24) is 10.2 Å². The average molecular weight is 328 g/mol. The number of carbonyl (C=O) groups is 1. The van der Waals surface area contributed by atoms with Gasteiger partial charge in [-0.05, 0) is 32.8 Å². The summed E-state index contributed by atoms with van der Waals surface area (Å²) < 4.78 is 5.88. The second-order valence-electron chi connectivity index (χ2n) is 6.80. The van der Waals surface area contributed by atoms with E-state index in [4.69, 9.17) is 4.74 Å². The second-order valence-corrected chi connectivity index (χ2v) is 11.1. The molecule has 0 aromatic heterocycles. The molecule has 0 bridgehead atoms. The van der Waals surface area contributed by atoms with Crippen molar-refractivity contribution >= 4 is 19.1 Å². The first-order chi connectivity index (χ1) is 10.0. The zero-order valence-electron chi connectivity index (χ0n) is 13.3. The maximum Gasteiger partial charge on any atom is 0.250 e. The van der Waals surface area contributed by atoms with Crippen LogP contribution >= 0.6 is 6.89 Å². The van der Waals surface area contributed by atoms with E-state index in [0.717, 1.165) is 6.16 Å². The molecule has 0 saturated carbocycles. The molecular weight excluding hydrogens is 303 g/mol. The Bertz CT molecular complexity index is 552. The Kier molecular flexibility index (Phi) is 4.60. The van der Waals surface area contributed by atoms with E-state index < -0.39 is 30.9 Å². The molecule has 1 saturated heterocycles. The molecule has 2 aliphatic heterocycles. The number of carbonyl (C=O) groups excluding carboxylic acids is 1. The van der Waals surface area contributed by atoms with Gasteiger partial charge in [-0.1, -0.05) is 6.58 Å². The fraction of sp³-hybridized carbons (Fsp3) is 0.600. The van der Waals surface area contributed by atoms with Gasteiger partial charge in [-0.2, -0.15) is 0 Å². The second kappa shape index (κ2) is 5.85. The minimum atomic E-state index is -1.47. The van der Waals surface area contributed by atoms with Crippen molar-refractivity contribution in [3.63, 3.8) is 0 Å². The quantitative estimate of drug-likeness (QED) is 0.648. The van der Waals surface area contributed by atoms with Crippen LogP contribution in [0.2, 0.25) is 0 Å². The Morgan fingerprint density at radius 3 is 2.73 bits per heavy atom. The molecule has 2 aliphatic rings. The van der Waals surface area contributed by atoms with Crippen molar-refractivity contribution in [2.75, 3.05) is 19.5 Å². The van der Waals surface area contributed by atoms with Crippen LogP contribution in [0.5, 0.6) is 0 Å². The van der Waals surface area contributed by atoms with Crippen LogP contribution < -0.4 is 5.32 Å². The average Bonchev–Trinajstić information content (AvgIpc) is 2.59. The molecule has 0 radical (unpaired) electrons. The highest BCUT2D eigenvalue weighted by atomic mass is 31.2. The molecule has 1 fully saturated rings. The Labute approximate surface area is 131 Å². The van der Waals surface area contributed by atoms with E-state index >= 15 is 0 Å². The predicted molar refractivity (Wildman–Crippen MR) is 88.9 cm³/mol. The van der Waals surface area contributed by atoms with Gasteiger partial charge in [-0.15, -0.1) is 13.2 Å². The van der Waals surface area contributed by atoms with Gasteiger partial charge in [-0.3, -0.25) is 4.79 Å². The van der Waals surface area contributed by atoms with Crippen LogP contribution in [0.15, 0.2) is 24.7 Å². The van der Waals surface area contributed by atoms with Gasteiger partial charge >= 0.3 is 0 Å². The van der Waals surface area contributed by atoms with Gasteiger partial charge in [0.05, 0.1) is 6.10 Å². The summed E-state index contributed by atoms with van der Waals surface area (Å²) in [5, 5.41) is 23.6. The standard InChI is InChI=1S/C15H25N2O4P/c1-10-16-12(18)6-8-17(10)14-15(2,20)13(19)11(21-14)7-9-22(3,4)5/h6,8,11,13-14,19-20H,1,3,7,9H2,2,4-5H3,(H,16,18)/t11-,13-,14?,15+/m1/s1. The van der Waals surface area contributed by atoms with Gasteiger partial charge in [0.25, 0.3) is 5.91 Å². The number of ether oxygens (including phenoxy) is 1. The smallest absolute Gasteiger partial charge is 0.250 e. The van der Waals surface area contributed by atoms with Gasteiger partial charge in [0.15, 0.2) is 6.23 Å². The highest BCUT2D eigenvalue weighted by molar-refractivity contribution is 7.72. The van der Waals surface area contributed by atoms with Crippen molar-refractivity contribution in [3.05, 3.63) is 24.7 Å². The van der Waals surface area contributed by atoms with E-state index in [1.165, 1.54) is 24.1 Å². The minimum absolute atomic E-state index is 0.278. The topological polar surface area (TPSA) is 82.0 Å². The molecule has 0 aliphatic carbocycles. The lowest BCUT2D eigenvalue weighted by atomic mass is 9.95. The molecule has 2 heterocycles. The van der Waals surface area contributed by atoms with Gasteiger partial charge < -0.3 is 25.2 Å². The van der Waals surface area contributed by atoms with Crippen molar-refractivity contribution in [1.29, 1.82) is 0 Å². The maximum absolute atomic E-state index is 11.3. The van der Waals surface area contributed by atoms with E-state index in [1.807, 2.05) is 0 Å². The molecule has 7 heteroatoms. The Morgan fingerprint density at radius 2 is 2.18 bits per heavy atom. The number of hydrogen-bond donors (Lipinski definition) is 3. The van der Waals surface area contributed by atoms with Crippen LogP contribution in [-0.2, 0) is 9.53 Å².